The van der Waals surface area contributed by atoms with Gasteiger partial charge in [-0.05, 0) is 18.9 Å². The Kier molecular flexibility index (Phi) is 2.28. The SMILES string of the molecule is O=S(O)c1cnc2c(c1)CCCO2. The highest BCUT2D eigenvalue weighted by molar-refractivity contribution is 7.79. The van der Waals surface area contributed by atoms with E-state index in [0.717, 1.165) is 18.4 Å². The molecule has 1 unspecified atom stereocenters. The quantitative estimate of drug-likeness (QED) is 0.685. The van der Waals surface area contributed by atoms with Crippen molar-refractivity contribution >= 4 is 11.1 Å². The molecule has 2 rings (SSSR count). The van der Waals surface area contributed by atoms with Gasteiger partial charge in [0.1, 0.15) is 0 Å². The number of hydrogen-bond acceptors (Lipinski definition) is 3. The van der Waals surface area contributed by atoms with E-state index >= 15 is 0 Å². The molecular weight excluding hydrogens is 190 g/mol. The van der Waals surface area contributed by atoms with Crippen molar-refractivity contribution in [3.63, 3.8) is 0 Å². The summed E-state index contributed by atoms with van der Waals surface area (Å²) in [5.41, 5.74) is 0.922. The Balaban J connectivity index is 2.40. The summed E-state index contributed by atoms with van der Waals surface area (Å²) < 4.78 is 24.8. The normalized spacial score (nSPS) is 17.3. The first-order valence-corrected chi connectivity index (χ1v) is 5.10. The number of pyridine rings is 1. The molecule has 0 bridgehead atoms. The van der Waals surface area contributed by atoms with E-state index in [-0.39, 0.29) is 0 Å². The third kappa shape index (κ3) is 1.71. The van der Waals surface area contributed by atoms with Crippen LogP contribution in [0.15, 0.2) is 17.2 Å². The summed E-state index contributed by atoms with van der Waals surface area (Å²) in [5, 5.41) is 0. The molecule has 70 valence electrons. The van der Waals surface area contributed by atoms with E-state index in [1.165, 1.54) is 6.20 Å². The van der Waals surface area contributed by atoms with Crippen LogP contribution in [0.1, 0.15) is 12.0 Å². The van der Waals surface area contributed by atoms with Gasteiger partial charge in [-0.25, -0.2) is 9.19 Å². The van der Waals surface area contributed by atoms with Crippen molar-refractivity contribution in [1.82, 2.24) is 4.98 Å². The van der Waals surface area contributed by atoms with Crippen LogP contribution >= 0.6 is 0 Å². The van der Waals surface area contributed by atoms with Crippen LogP contribution in [0, 0.1) is 0 Å². The molecule has 0 spiro atoms. The minimum Gasteiger partial charge on any atom is -0.477 e. The summed E-state index contributed by atoms with van der Waals surface area (Å²) >= 11 is -1.95. The molecule has 4 nitrogen and oxygen atoms in total. The Morgan fingerprint density at radius 1 is 1.62 bits per heavy atom. The first-order valence-electron chi connectivity index (χ1n) is 4.00. The van der Waals surface area contributed by atoms with Crippen LogP contribution in [-0.2, 0) is 17.5 Å². The lowest BCUT2D eigenvalue weighted by Crippen LogP contribution is -2.10. The van der Waals surface area contributed by atoms with Gasteiger partial charge in [0.05, 0.1) is 11.5 Å². The molecule has 13 heavy (non-hydrogen) atoms. The van der Waals surface area contributed by atoms with Crippen molar-refractivity contribution in [2.24, 2.45) is 0 Å². The van der Waals surface area contributed by atoms with Gasteiger partial charge in [0, 0.05) is 11.8 Å². The van der Waals surface area contributed by atoms with E-state index in [0.29, 0.717) is 17.4 Å². The second kappa shape index (κ2) is 3.43. The zero-order chi connectivity index (χ0) is 9.26. The smallest absolute Gasteiger partial charge is 0.216 e. The maximum absolute atomic E-state index is 10.7. The van der Waals surface area contributed by atoms with Crippen molar-refractivity contribution in [2.45, 2.75) is 17.7 Å². The average molecular weight is 199 g/mol. The molecule has 1 atom stereocenters. The molecule has 0 fully saturated rings. The van der Waals surface area contributed by atoms with E-state index in [1.54, 1.807) is 6.07 Å². The van der Waals surface area contributed by atoms with Crippen LogP contribution in [0.3, 0.4) is 0 Å². The van der Waals surface area contributed by atoms with Crippen LogP contribution in [0.4, 0.5) is 0 Å². The highest BCUT2D eigenvalue weighted by Crippen LogP contribution is 2.23. The van der Waals surface area contributed by atoms with E-state index in [2.05, 4.69) is 4.98 Å². The van der Waals surface area contributed by atoms with E-state index in [9.17, 15) is 4.21 Å². The second-order valence-corrected chi connectivity index (χ2v) is 3.81. The number of rotatable bonds is 1. The number of hydrogen-bond donors (Lipinski definition) is 1. The predicted molar refractivity (Wildman–Crippen MR) is 47.1 cm³/mol. The number of aryl methyl sites for hydroxylation is 1. The molecule has 1 N–H and O–H groups in total. The molecule has 0 saturated carbocycles. The van der Waals surface area contributed by atoms with Crippen LogP contribution in [0.5, 0.6) is 5.88 Å². The van der Waals surface area contributed by atoms with Gasteiger partial charge in [0.15, 0.2) is 11.1 Å². The lowest BCUT2D eigenvalue weighted by molar-refractivity contribution is 0.275. The maximum atomic E-state index is 10.7. The van der Waals surface area contributed by atoms with Gasteiger partial charge in [-0.15, -0.1) is 0 Å². The molecule has 1 aliphatic rings. The topological polar surface area (TPSA) is 59.4 Å². The minimum absolute atomic E-state index is 0.337. The fourth-order valence-corrected chi connectivity index (χ4v) is 1.70. The monoisotopic (exact) mass is 199 g/mol. The first-order chi connectivity index (χ1) is 6.27. The minimum atomic E-state index is -1.95. The summed E-state index contributed by atoms with van der Waals surface area (Å²) in [6.07, 6.45) is 3.18. The highest BCUT2D eigenvalue weighted by atomic mass is 32.2. The molecule has 0 aromatic carbocycles. The third-order valence-corrected chi connectivity index (χ3v) is 2.56. The molecule has 5 heteroatoms. The summed E-state index contributed by atoms with van der Waals surface area (Å²) in [6.45, 7) is 0.682. The molecular formula is C8H9NO3S. The fraction of sp³-hybridized carbons (Fsp3) is 0.375. The van der Waals surface area contributed by atoms with Crippen molar-refractivity contribution in [2.75, 3.05) is 6.61 Å². The van der Waals surface area contributed by atoms with Crippen LogP contribution in [0.2, 0.25) is 0 Å². The molecule has 1 aliphatic heterocycles. The van der Waals surface area contributed by atoms with Gasteiger partial charge in [0.2, 0.25) is 5.88 Å². The molecule has 1 aromatic rings. The molecule has 0 amide bonds. The highest BCUT2D eigenvalue weighted by Gasteiger charge is 2.13. The van der Waals surface area contributed by atoms with Crippen LogP contribution in [0.25, 0.3) is 0 Å². The fourth-order valence-electron chi connectivity index (χ4n) is 1.31. The third-order valence-electron chi connectivity index (χ3n) is 1.93. The second-order valence-electron chi connectivity index (χ2n) is 2.84. The van der Waals surface area contributed by atoms with Crippen molar-refractivity contribution < 1.29 is 13.5 Å². The Labute approximate surface area is 78.2 Å². The summed E-state index contributed by atoms with van der Waals surface area (Å²) in [7, 11) is 0. The van der Waals surface area contributed by atoms with Crippen molar-refractivity contribution in [1.29, 1.82) is 0 Å². The molecule has 0 radical (unpaired) electrons. The lowest BCUT2D eigenvalue weighted by Gasteiger charge is -2.15. The van der Waals surface area contributed by atoms with Crippen molar-refractivity contribution in [3.05, 3.63) is 17.8 Å². The molecule has 2 heterocycles. The molecule has 0 aliphatic carbocycles. The Hall–Kier alpha value is -0.940. The zero-order valence-electron chi connectivity index (χ0n) is 6.90. The van der Waals surface area contributed by atoms with E-state index in [1.807, 2.05) is 0 Å². The number of aromatic nitrogens is 1. The summed E-state index contributed by atoms with van der Waals surface area (Å²) in [4.78, 5) is 4.30. The lowest BCUT2D eigenvalue weighted by atomic mass is 10.1. The van der Waals surface area contributed by atoms with Gasteiger partial charge in [0.25, 0.3) is 0 Å². The summed E-state index contributed by atoms with van der Waals surface area (Å²) in [6, 6.07) is 1.68. The van der Waals surface area contributed by atoms with E-state index in [4.69, 9.17) is 9.29 Å². The largest absolute Gasteiger partial charge is 0.477 e. The zero-order valence-corrected chi connectivity index (χ0v) is 7.71. The maximum Gasteiger partial charge on any atom is 0.216 e. The van der Waals surface area contributed by atoms with E-state index < -0.39 is 11.1 Å². The van der Waals surface area contributed by atoms with Gasteiger partial charge < -0.3 is 9.29 Å². The predicted octanol–water partition coefficient (Wildman–Crippen LogP) is 0.987. The number of ether oxygens (including phenoxy) is 1. The van der Waals surface area contributed by atoms with Gasteiger partial charge in [-0.2, -0.15) is 0 Å². The van der Waals surface area contributed by atoms with Crippen LogP contribution < -0.4 is 4.74 Å². The molecule has 1 aromatic heterocycles. The van der Waals surface area contributed by atoms with Gasteiger partial charge in [-0.3, -0.25) is 0 Å². The van der Waals surface area contributed by atoms with Gasteiger partial charge >= 0.3 is 0 Å². The number of fused-ring (bicyclic) bond motifs is 1. The standard InChI is InChI=1S/C8H9NO3S/c10-13(11)7-4-6-2-1-3-12-8(6)9-5-7/h4-5H,1-3H2,(H,10,11). The molecule has 0 saturated heterocycles. The summed E-state index contributed by atoms with van der Waals surface area (Å²) in [5.74, 6) is 0.598. The number of nitrogens with zero attached hydrogens (tertiary/aromatic N) is 1. The first kappa shape index (κ1) is 8.65. The van der Waals surface area contributed by atoms with Crippen LogP contribution in [-0.4, -0.2) is 20.4 Å². The Morgan fingerprint density at radius 3 is 3.23 bits per heavy atom. The average Bonchev–Trinajstić information content (AvgIpc) is 2.17. The Bertz CT molecular complexity index is 353. The Morgan fingerprint density at radius 2 is 2.46 bits per heavy atom. The van der Waals surface area contributed by atoms with Gasteiger partial charge in [-0.1, -0.05) is 0 Å². The van der Waals surface area contributed by atoms with Crippen molar-refractivity contribution in [3.8, 4) is 5.88 Å².